The zero-order valence-electron chi connectivity index (χ0n) is 24.0. The molecule has 8 nitrogen and oxygen atoms in total. The molecule has 0 aromatic heterocycles. The number of rotatable bonds is 11. The Morgan fingerprint density at radius 2 is 1.43 bits per heavy atom. The number of phenols is 2. The smallest absolute Gasteiger partial charge is 0.320 e. The Morgan fingerprint density at radius 1 is 0.905 bits per heavy atom. The predicted molar refractivity (Wildman–Crippen MR) is 157 cm³/mol. The minimum atomic E-state index is -0.922. The molecule has 0 amide bonds. The van der Waals surface area contributed by atoms with Crippen LogP contribution in [-0.2, 0) is 4.79 Å². The molecule has 1 fully saturated rings. The molecule has 0 bridgehead atoms. The second-order valence-corrected chi connectivity index (χ2v) is 11.2. The van der Waals surface area contributed by atoms with E-state index in [1.54, 1.807) is 62.3 Å². The maximum Gasteiger partial charge on any atom is 0.320 e. The third kappa shape index (κ3) is 6.86. The molecule has 1 saturated heterocycles. The summed E-state index contributed by atoms with van der Waals surface area (Å²) < 4.78 is 14.9. The molecule has 1 aliphatic heterocycles. The number of piperidine rings is 1. The number of halogens is 1. The molecular weight excluding hydrogens is 539 g/mol. The van der Waals surface area contributed by atoms with Gasteiger partial charge in [-0.1, -0.05) is 36.4 Å². The molecule has 42 heavy (non-hydrogen) atoms. The normalized spacial score (nSPS) is 19.9. The van der Waals surface area contributed by atoms with Crippen molar-refractivity contribution in [2.75, 3.05) is 33.7 Å². The number of phenolic OH excluding ortho intramolecular Hbond substituents is 2. The van der Waals surface area contributed by atoms with E-state index in [0.717, 1.165) is 0 Å². The minimum absolute atomic E-state index is 0.0669. The lowest BCUT2D eigenvalue weighted by atomic mass is 9.67. The number of ketones is 2. The van der Waals surface area contributed by atoms with Crippen molar-refractivity contribution in [2.24, 2.45) is 11.8 Å². The Morgan fingerprint density at radius 3 is 1.90 bits per heavy atom. The van der Waals surface area contributed by atoms with Crippen LogP contribution in [0.1, 0.15) is 50.6 Å². The number of aliphatic carboxylic acids is 1. The number of hydrogen-bond acceptors (Lipinski definition) is 7. The first-order valence-electron chi connectivity index (χ1n) is 14.0. The zero-order chi connectivity index (χ0) is 30.6. The van der Waals surface area contributed by atoms with Crippen LogP contribution in [0.25, 0.3) is 0 Å². The van der Waals surface area contributed by atoms with Crippen LogP contribution in [0.15, 0.2) is 66.7 Å². The van der Waals surface area contributed by atoms with E-state index in [2.05, 4.69) is 0 Å². The van der Waals surface area contributed by atoms with Gasteiger partial charge in [-0.2, -0.15) is 0 Å². The van der Waals surface area contributed by atoms with Gasteiger partial charge in [-0.25, -0.2) is 4.39 Å². The van der Waals surface area contributed by atoms with Crippen LogP contribution >= 0.6 is 0 Å². The first-order chi connectivity index (χ1) is 20.0. The van der Waals surface area contributed by atoms with E-state index in [-0.39, 0.29) is 47.3 Å². The van der Waals surface area contributed by atoms with Gasteiger partial charge in [0.1, 0.15) is 23.4 Å². The molecule has 1 aliphatic rings. The topological polar surface area (TPSA) is 118 Å². The molecule has 0 radical (unpaired) electrons. The van der Waals surface area contributed by atoms with Crippen molar-refractivity contribution >= 4 is 17.5 Å². The maximum absolute atomic E-state index is 14.9. The number of likely N-dealkylation sites (N-methyl/N-ethyl adjacent to an activating group) is 1. The fourth-order valence-corrected chi connectivity index (χ4v) is 6.09. The zero-order valence-corrected chi connectivity index (χ0v) is 24.0. The first-order valence-corrected chi connectivity index (χ1v) is 14.0. The van der Waals surface area contributed by atoms with Gasteiger partial charge in [-0.3, -0.25) is 19.3 Å². The van der Waals surface area contributed by atoms with E-state index in [1.807, 2.05) is 4.90 Å². The summed E-state index contributed by atoms with van der Waals surface area (Å²) >= 11 is 0. The van der Waals surface area contributed by atoms with E-state index in [1.165, 1.54) is 30.3 Å². The van der Waals surface area contributed by atoms with Gasteiger partial charge in [0.25, 0.3) is 0 Å². The number of aromatic hydroxyl groups is 2. The molecule has 0 spiro atoms. The number of carbonyl (C=O) groups excluding carboxylic acids is 2. The lowest BCUT2D eigenvalue weighted by Crippen LogP contribution is -2.51. The van der Waals surface area contributed by atoms with Crippen molar-refractivity contribution in [2.45, 2.75) is 31.7 Å². The quantitative estimate of drug-likeness (QED) is 0.280. The first kappa shape index (κ1) is 30.9. The number of hydrogen-bond donors (Lipinski definition) is 3. The Labute approximate surface area is 245 Å². The van der Waals surface area contributed by atoms with Gasteiger partial charge in [0, 0.05) is 42.0 Å². The van der Waals surface area contributed by atoms with Crippen LogP contribution in [-0.4, -0.2) is 82.4 Å². The Hall–Kier alpha value is -4.08. The highest BCUT2D eigenvalue weighted by atomic mass is 19.1. The van der Waals surface area contributed by atoms with E-state index < -0.39 is 35.6 Å². The molecule has 4 rings (SSSR count). The summed E-state index contributed by atoms with van der Waals surface area (Å²) in [6, 6.07) is 16.1. The second-order valence-electron chi connectivity index (χ2n) is 11.2. The summed E-state index contributed by atoms with van der Waals surface area (Å²) in [4.78, 5) is 43.6. The number of carbonyl (C=O) groups is 3. The summed E-state index contributed by atoms with van der Waals surface area (Å²) in [5.74, 6) is -4.28. The van der Waals surface area contributed by atoms with Crippen molar-refractivity contribution in [1.29, 1.82) is 0 Å². The highest BCUT2D eigenvalue weighted by Crippen LogP contribution is 2.42. The summed E-state index contributed by atoms with van der Waals surface area (Å²) in [5.41, 5.74) is 1.48. The maximum atomic E-state index is 14.9. The predicted octanol–water partition coefficient (Wildman–Crippen LogP) is 4.74. The molecule has 9 heteroatoms. The van der Waals surface area contributed by atoms with Crippen LogP contribution in [0.2, 0.25) is 0 Å². The minimum Gasteiger partial charge on any atom is -0.508 e. The molecule has 0 aliphatic carbocycles. The monoisotopic (exact) mass is 576 g/mol. The van der Waals surface area contributed by atoms with Gasteiger partial charge in [0.2, 0.25) is 0 Å². The van der Waals surface area contributed by atoms with E-state index >= 15 is 0 Å². The molecule has 3 aromatic carbocycles. The number of carboxylic acid groups (broad SMARTS) is 1. The molecule has 1 heterocycles. The van der Waals surface area contributed by atoms with Gasteiger partial charge >= 0.3 is 5.97 Å². The Balaban J connectivity index is 1.77. The molecular formula is C33H37FN2O6. The number of benzene rings is 3. The lowest BCUT2D eigenvalue weighted by Gasteiger charge is -2.43. The van der Waals surface area contributed by atoms with Crippen LogP contribution < -0.4 is 0 Å². The van der Waals surface area contributed by atoms with Gasteiger partial charge in [0.15, 0.2) is 11.6 Å². The summed E-state index contributed by atoms with van der Waals surface area (Å²) in [5, 5.41) is 29.8. The highest BCUT2D eigenvalue weighted by Gasteiger charge is 2.45. The van der Waals surface area contributed by atoms with Crippen LogP contribution in [0.3, 0.4) is 0 Å². The number of carboxylic acids is 1. The summed E-state index contributed by atoms with van der Waals surface area (Å²) in [7, 11) is 3.42. The second kappa shape index (κ2) is 13.3. The number of Topliss-reactive ketones (excluding diaryl/α,β-unsaturated/α-hetero) is 2. The fraction of sp³-hybridized carbons (Fsp3) is 0.364. The molecule has 3 aromatic rings. The summed E-state index contributed by atoms with van der Waals surface area (Å²) in [6.07, 6.45) is 0.889. The fourth-order valence-electron chi connectivity index (χ4n) is 6.09. The third-order valence-electron chi connectivity index (χ3n) is 8.24. The van der Waals surface area contributed by atoms with Gasteiger partial charge in [-0.05, 0) is 81.9 Å². The molecule has 0 saturated carbocycles. The van der Waals surface area contributed by atoms with E-state index in [9.17, 15) is 34.1 Å². The number of likely N-dealkylation sites (tertiary alicyclic amines) is 1. The van der Waals surface area contributed by atoms with Crippen molar-refractivity contribution in [3.63, 3.8) is 0 Å². The average Bonchev–Trinajstić information content (AvgIpc) is 2.95. The van der Waals surface area contributed by atoms with Crippen molar-refractivity contribution in [1.82, 2.24) is 9.80 Å². The van der Waals surface area contributed by atoms with Gasteiger partial charge < -0.3 is 20.2 Å². The van der Waals surface area contributed by atoms with Crippen molar-refractivity contribution in [3.05, 3.63) is 94.8 Å². The standard InChI is InChI=1S/C33H37FN2O6/c1-20-25(12-6-13-28(20)34)30-26(31(39)21-8-4-10-23(37)16-21)18-36(15-7-14-29(33(41)42)35(2)3)19-27(30)32(40)22-9-5-11-24(38)17-22/h4-6,8-13,16-17,26-27,29-30,37-38H,7,14-15,18-19H2,1-3H3,(H,41,42)/t26-,27+,29-,30+/m1/s1. The number of nitrogens with zero attached hydrogens (tertiary/aromatic N) is 2. The molecule has 0 unspecified atom stereocenters. The van der Waals surface area contributed by atoms with E-state index in [4.69, 9.17) is 0 Å². The molecule has 3 N–H and O–H groups in total. The highest BCUT2D eigenvalue weighted by molar-refractivity contribution is 6.02. The van der Waals surface area contributed by atoms with Crippen molar-refractivity contribution < 1.29 is 34.1 Å². The average molecular weight is 577 g/mol. The van der Waals surface area contributed by atoms with Gasteiger partial charge in [0.05, 0.1) is 0 Å². The SMILES string of the molecule is Cc1c(F)cccc1[C@@H]1[C@@H](C(=O)c2cccc(O)c2)CN(CCC[C@H](C(=O)O)N(C)C)C[C@H]1C(=O)c1cccc(O)c1. The third-order valence-corrected chi connectivity index (χ3v) is 8.24. The van der Waals surface area contributed by atoms with Crippen LogP contribution in [0, 0.1) is 24.6 Å². The molecule has 4 atom stereocenters. The largest absolute Gasteiger partial charge is 0.508 e. The lowest BCUT2D eigenvalue weighted by molar-refractivity contribution is -0.142. The van der Waals surface area contributed by atoms with Crippen molar-refractivity contribution in [3.8, 4) is 11.5 Å². The van der Waals surface area contributed by atoms with Gasteiger partial charge in [-0.15, -0.1) is 0 Å². The van der Waals surface area contributed by atoms with Crippen LogP contribution in [0.5, 0.6) is 11.5 Å². The van der Waals surface area contributed by atoms with E-state index in [0.29, 0.717) is 30.5 Å². The summed E-state index contributed by atoms with van der Waals surface area (Å²) in [6.45, 7) is 2.60. The van der Waals surface area contributed by atoms with Crippen LogP contribution in [0.4, 0.5) is 4.39 Å². The Kier molecular flexibility index (Phi) is 9.75. The molecule has 222 valence electrons. The Bertz CT molecular complexity index is 1390.